The maximum Gasteiger partial charge on any atom is 0.0641 e. The van der Waals surface area contributed by atoms with Gasteiger partial charge in [-0.2, -0.15) is 0 Å². The van der Waals surface area contributed by atoms with Crippen molar-refractivity contribution >= 4 is 17.7 Å². The summed E-state index contributed by atoms with van der Waals surface area (Å²) in [6.45, 7) is 0.664. The Hall–Kier alpha value is -0.860. The SMILES string of the molecule is NCCC=Cc1cc(Cl)ccn1. The lowest BCUT2D eigenvalue weighted by Gasteiger charge is -1.92. The molecule has 0 spiro atoms. The quantitative estimate of drug-likeness (QED) is 0.778. The van der Waals surface area contributed by atoms with Gasteiger partial charge in [-0.15, -0.1) is 0 Å². The van der Waals surface area contributed by atoms with Crippen LogP contribution in [0.4, 0.5) is 0 Å². The first-order chi connectivity index (χ1) is 5.83. The topological polar surface area (TPSA) is 38.9 Å². The van der Waals surface area contributed by atoms with E-state index >= 15 is 0 Å². The van der Waals surface area contributed by atoms with Crippen LogP contribution in [0.1, 0.15) is 12.1 Å². The highest BCUT2D eigenvalue weighted by molar-refractivity contribution is 6.30. The predicted octanol–water partition coefficient (Wildman–Crippen LogP) is 2.10. The van der Waals surface area contributed by atoms with Crippen molar-refractivity contribution in [2.45, 2.75) is 6.42 Å². The first-order valence-corrected chi connectivity index (χ1v) is 4.19. The average molecular weight is 183 g/mol. The number of hydrogen-bond donors (Lipinski definition) is 1. The molecule has 0 saturated carbocycles. The zero-order chi connectivity index (χ0) is 8.81. The van der Waals surface area contributed by atoms with Gasteiger partial charge in [-0.25, -0.2) is 0 Å². The fourth-order valence-corrected chi connectivity index (χ4v) is 0.981. The lowest BCUT2D eigenvalue weighted by molar-refractivity contribution is 1.01. The monoisotopic (exact) mass is 182 g/mol. The molecule has 0 aromatic carbocycles. The summed E-state index contributed by atoms with van der Waals surface area (Å²) in [5.74, 6) is 0. The number of nitrogens with zero attached hydrogens (tertiary/aromatic N) is 1. The minimum absolute atomic E-state index is 0.664. The van der Waals surface area contributed by atoms with Gasteiger partial charge in [0.1, 0.15) is 0 Å². The van der Waals surface area contributed by atoms with Gasteiger partial charge in [0.2, 0.25) is 0 Å². The second-order valence-corrected chi connectivity index (χ2v) is 2.82. The van der Waals surface area contributed by atoms with Gasteiger partial charge in [-0.3, -0.25) is 4.98 Å². The second-order valence-electron chi connectivity index (χ2n) is 2.38. The first kappa shape index (κ1) is 9.23. The molecule has 1 aromatic rings. The van der Waals surface area contributed by atoms with Gasteiger partial charge in [0.05, 0.1) is 5.69 Å². The maximum atomic E-state index is 5.76. The van der Waals surface area contributed by atoms with Crippen LogP contribution in [0.5, 0.6) is 0 Å². The highest BCUT2D eigenvalue weighted by Crippen LogP contribution is 2.08. The molecule has 1 aromatic heterocycles. The molecular weight excluding hydrogens is 172 g/mol. The lowest BCUT2D eigenvalue weighted by atomic mass is 10.3. The normalized spacial score (nSPS) is 10.8. The third-order valence-corrected chi connectivity index (χ3v) is 1.60. The molecule has 0 saturated heterocycles. The molecule has 0 radical (unpaired) electrons. The summed E-state index contributed by atoms with van der Waals surface area (Å²) < 4.78 is 0. The molecule has 0 aliphatic carbocycles. The smallest absolute Gasteiger partial charge is 0.0641 e. The van der Waals surface area contributed by atoms with Gasteiger partial charge >= 0.3 is 0 Å². The predicted molar refractivity (Wildman–Crippen MR) is 52.0 cm³/mol. The number of nitrogens with two attached hydrogens (primary N) is 1. The molecule has 0 atom stereocenters. The molecule has 1 rings (SSSR count). The number of hydrogen-bond acceptors (Lipinski definition) is 2. The average Bonchev–Trinajstić information content (AvgIpc) is 2.05. The van der Waals surface area contributed by atoms with Crippen LogP contribution < -0.4 is 5.73 Å². The van der Waals surface area contributed by atoms with Gasteiger partial charge in [0.15, 0.2) is 0 Å². The molecular formula is C9H11ClN2. The first-order valence-electron chi connectivity index (χ1n) is 3.81. The van der Waals surface area contributed by atoms with E-state index in [2.05, 4.69) is 4.98 Å². The second kappa shape index (κ2) is 4.91. The third kappa shape index (κ3) is 3.03. The van der Waals surface area contributed by atoms with E-state index in [4.69, 9.17) is 17.3 Å². The summed E-state index contributed by atoms with van der Waals surface area (Å²) in [4.78, 5) is 4.10. The molecule has 64 valence electrons. The van der Waals surface area contributed by atoms with Gasteiger partial charge in [0.25, 0.3) is 0 Å². The van der Waals surface area contributed by atoms with Gasteiger partial charge in [-0.05, 0) is 31.2 Å². The Labute approximate surface area is 77.1 Å². The van der Waals surface area contributed by atoms with Crippen LogP contribution in [0, 0.1) is 0 Å². The van der Waals surface area contributed by atoms with Crippen LogP contribution in [0.3, 0.4) is 0 Å². The summed E-state index contributed by atoms with van der Waals surface area (Å²) in [6.07, 6.45) is 6.45. The highest BCUT2D eigenvalue weighted by atomic mass is 35.5. The van der Waals surface area contributed by atoms with Crippen molar-refractivity contribution < 1.29 is 0 Å². The van der Waals surface area contributed by atoms with E-state index in [0.717, 1.165) is 12.1 Å². The molecule has 3 heteroatoms. The summed E-state index contributed by atoms with van der Waals surface area (Å²) in [7, 11) is 0. The summed E-state index contributed by atoms with van der Waals surface area (Å²) >= 11 is 5.76. The van der Waals surface area contributed by atoms with Crippen LogP contribution >= 0.6 is 11.6 Å². The Bertz CT molecular complexity index is 271. The number of aromatic nitrogens is 1. The Morgan fingerprint density at radius 3 is 3.08 bits per heavy atom. The van der Waals surface area contributed by atoms with Crippen molar-refractivity contribution in [3.63, 3.8) is 0 Å². The number of rotatable bonds is 3. The maximum absolute atomic E-state index is 5.76. The molecule has 0 aliphatic rings. The Morgan fingerprint density at radius 1 is 1.58 bits per heavy atom. The van der Waals surface area contributed by atoms with Crippen LogP contribution in [-0.2, 0) is 0 Å². The minimum Gasteiger partial charge on any atom is -0.330 e. The highest BCUT2D eigenvalue weighted by Gasteiger charge is 1.88. The largest absolute Gasteiger partial charge is 0.330 e. The molecule has 2 N–H and O–H groups in total. The Kier molecular flexibility index (Phi) is 3.77. The van der Waals surface area contributed by atoms with Gasteiger partial charge in [-0.1, -0.05) is 17.7 Å². The van der Waals surface area contributed by atoms with Crippen molar-refractivity contribution in [1.82, 2.24) is 4.98 Å². The van der Waals surface area contributed by atoms with Crippen LogP contribution in [0.2, 0.25) is 5.02 Å². The van der Waals surface area contributed by atoms with Crippen molar-refractivity contribution in [2.75, 3.05) is 6.54 Å². The van der Waals surface area contributed by atoms with Gasteiger partial charge < -0.3 is 5.73 Å². The van der Waals surface area contributed by atoms with E-state index < -0.39 is 0 Å². The Morgan fingerprint density at radius 2 is 2.42 bits per heavy atom. The molecule has 0 unspecified atom stereocenters. The van der Waals surface area contributed by atoms with E-state index in [1.807, 2.05) is 18.2 Å². The zero-order valence-electron chi connectivity index (χ0n) is 6.70. The zero-order valence-corrected chi connectivity index (χ0v) is 7.46. The fourth-order valence-electron chi connectivity index (χ4n) is 0.813. The molecule has 0 bridgehead atoms. The third-order valence-electron chi connectivity index (χ3n) is 1.37. The van der Waals surface area contributed by atoms with Crippen molar-refractivity contribution in [1.29, 1.82) is 0 Å². The minimum atomic E-state index is 0.664. The van der Waals surface area contributed by atoms with Crippen LogP contribution in [0.25, 0.3) is 6.08 Å². The van der Waals surface area contributed by atoms with Gasteiger partial charge in [0, 0.05) is 11.2 Å². The summed E-state index contributed by atoms with van der Waals surface area (Å²) in [6, 6.07) is 3.57. The van der Waals surface area contributed by atoms with Crippen molar-refractivity contribution in [3.8, 4) is 0 Å². The number of pyridine rings is 1. The molecule has 0 amide bonds. The molecule has 1 heterocycles. The number of halogens is 1. The van der Waals surface area contributed by atoms with E-state index in [9.17, 15) is 0 Å². The van der Waals surface area contributed by atoms with E-state index in [1.54, 1.807) is 12.3 Å². The summed E-state index contributed by atoms with van der Waals surface area (Å²) in [5.41, 5.74) is 6.20. The Balaban J connectivity index is 2.63. The van der Waals surface area contributed by atoms with E-state index in [1.165, 1.54) is 0 Å². The lowest BCUT2D eigenvalue weighted by Crippen LogP contribution is -1.95. The van der Waals surface area contributed by atoms with Crippen molar-refractivity contribution in [2.24, 2.45) is 5.73 Å². The van der Waals surface area contributed by atoms with Crippen molar-refractivity contribution in [3.05, 3.63) is 35.1 Å². The fraction of sp³-hybridized carbons (Fsp3) is 0.222. The molecule has 0 fully saturated rings. The summed E-state index contributed by atoms with van der Waals surface area (Å²) in [5, 5.41) is 0.706. The molecule has 2 nitrogen and oxygen atoms in total. The molecule has 0 aliphatic heterocycles. The van der Waals surface area contributed by atoms with Crippen LogP contribution in [-0.4, -0.2) is 11.5 Å². The standard InChI is InChI=1S/C9H11ClN2/c10-8-4-6-12-9(7-8)3-1-2-5-11/h1,3-4,6-7H,2,5,11H2. The van der Waals surface area contributed by atoms with Crippen LogP contribution in [0.15, 0.2) is 24.4 Å². The van der Waals surface area contributed by atoms with E-state index in [-0.39, 0.29) is 0 Å². The molecule has 12 heavy (non-hydrogen) atoms. The van der Waals surface area contributed by atoms with E-state index in [0.29, 0.717) is 11.6 Å².